The van der Waals surface area contributed by atoms with E-state index >= 15 is 0 Å². The number of rotatable bonds is 4. The molecular formula is C49H41N2+. The van der Waals surface area contributed by atoms with E-state index in [0.29, 0.717) is 0 Å². The molecule has 0 unspecified atom stereocenters. The zero-order valence-corrected chi connectivity index (χ0v) is 29.8. The van der Waals surface area contributed by atoms with Crippen LogP contribution in [-0.4, -0.2) is 4.57 Å². The molecule has 4 heterocycles. The summed E-state index contributed by atoms with van der Waals surface area (Å²) in [5, 5.41) is 5.12. The van der Waals surface area contributed by atoms with Gasteiger partial charge in [-0.1, -0.05) is 119 Å². The molecule has 2 aromatic heterocycles. The van der Waals surface area contributed by atoms with E-state index in [4.69, 9.17) is 6.58 Å². The van der Waals surface area contributed by atoms with Crippen molar-refractivity contribution in [2.75, 3.05) is 0 Å². The third-order valence-corrected chi connectivity index (χ3v) is 12.4. The van der Waals surface area contributed by atoms with Crippen LogP contribution in [0.4, 0.5) is 0 Å². The van der Waals surface area contributed by atoms with E-state index < -0.39 is 0 Å². The van der Waals surface area contributed by atoms with E-state index in [9.17, 15) is 0 Å². The molecule has 0 amide bonds. The van der Waals surface area contributed by atoms with Gasteiger partial charge in [0.2, 0.25) is 5.69 Å². The van der Waals surface area contributed by atoms with Gasteiger partial charge in [0.1, 0.15) is 0 Å². The lowest BCUT2D eigenvalue weighted by atomic mass is 9.74. The molecular weight excluding hydrogens is 617 g/mol. The van der Waals surface area contributed by atoms with E-state index in [1.54, 1.807) is 0 Å². The van der Waals surface area contributed by atoms with Crippen molar-refractivity contribution < 1.29 is 4.57 Å². The first-order valence-electron chi connectivity index (χ1n) is 18.4. The number of hydrogen-bond donors (Lipinski definition) is 0. The Balaban J connectivity index is 1.23. The summed E-state index contributed by atoms with van der Waals surface area (Å²) in [4.78, 5) is 0. The van der Waals surface area contributed by atoms with Gasteiger partial charge >= 0.3 is 0 Å². The van der Waals surface area contributed by atoms with Gasteiger partial charge in [-0.3, -0.25) is 0 Å². The van der Waals surface area contributed by atoms with E-state index in [1.165, 1.54) is 94.0 Å². The molecule has 6 aromatic carbocycles. The van der Waals surface area contributed by atoms with Crippen molar-refractivity contribution in [2.24, 2.45) is 0 Å². The molecule has 0 aliphatic carbocycles. The number of aromatic nitrogens is 2. The van der Waals surface area contributed by atoms with Crippen molar-refractivity contribution in [1.82, 2.24) is 4.57 Å². The average Bonchev–Trinajstić information content (AvgIpc) is 3.51. The highest BCUT2D eigenvalue weighted by Crippen LogP contribution is 2.50. The van der Waals surface area contributed by atoms with Crippen molar-refractivity contribution in [3.8, 4) is 39.2 Å². The van der Waals surface area contributed by atoms with Crippen molar-refractivity contribution in [3.63, 3.8) is 0 Å². The van der Waals surface area contributed by atoms with Crippen molar-refractivity contribution in [2.45, 2.75) is 51.5 Å². The highest BCUT2D eigenvalue weighted by atomic mass is 15.1. The molecule has 2 aliphatic rings. The number of nitrogens with zero attached hydrogens (tertiary/aromatic N) is 2. The first kappa shape index (κ1) is 30.1. The zero-order chi connectivity index (χ0) is 34.6. The predicted octanol–water partition coefficient (Wildman–Crippen LogP) is 12.4. The molecule has 0 atom stereocenters. The fraction of sp³-hybridized carbons (Fsp3) is 0.163. The Bertz CT molecular complexity index is 2750. The minimum atomic E-state index is -0.154. The third kappa shape index (κ3) is 4.02. The maximum atomic E-state index is 4.77. The van der Waals surface area contributed by atoms with Gasteiger partial charge in [0.15, 0.2) is 11.7 Å². The van der Waals surface area contributed by atoms with E-state index in [0.717, 1.165) is 12.8 Å². The molecule has 0 fully saturated rings. The second-order valence-corrected chi connectivity index (χ2v) is 15.1. The summed E-state index contributed by atoms with van der Waals surface area (Å²) >= 11 is 0. The smallest absolute Gasteiger partial charge is 0.214 e. The van der Waals surface area contributed by atoms with Gasteiger partial charge in [-0.05, 0) is 86.8 Å². The molecule has 0 saturated heterocycles. The normalized spacial score (nSPS) is 15.2. The summed E-state index contributed by atoms with van der Waals surface area (Å²) < 4.78 is 5.05. The number of benzene rings is 6. The Morgan fingerprint density at radius 3 is 2.08 bits per heavy atom. The van der Waals surface area contributed by atoms with Crippen molar-refractivity contribution in [3.05, 3.63) is 163 Å². The molecule has 246 valence electrons. The summed E-state index contributed by atoms with van der Waals surface area (Å²) in [6, 6.07) is 49.9. The van der Waals surface area contributed by atoms with E-state index in [-0.39, 0.29) is 11.0 Å². The van der Waals surface area contributed by atoms with Crippen LogP contribution in [0.15, 0.2) is 146 Å². The first-order chi connectivity index (χ1) is 24.8. The average molecular weight is 658 g/mol. The molecule has 0 radical (unpaired) electrons. The molecule has 8 aromatic rings. The van der Waals surface area contributed by atoms with Crippen LogP contribution in [0, 0.1) is 0 Å². The van der Waals surface area contributed by atoms with Crippen LogP contribution < -0.4 is 4.57 Å². The van der Waals surface area contributed by atoms with Crippen molar-refractivity contribution >= 4 is 38.2 Å². The van der Waals surface area contributed by atoms with Gasteiger partial charge in [0.05, 0.1) is 22.3 Å². The summed E-state index contributed by atoms with van der Waals surface area (Å²) in [7, 11) is 0. The van der Waals surface area contributed by atoms with Crippen LogP contribution >= 0.6 is 0 Å². The lowest BCUT2D eigenvalue weighted by Gasteiger charge is -2.35. The molecule has 2 heteroatoms. The molecule has 2 nitrogen and oxygen atoms in total. The number of pyridine rings is 1. The minimum absolute atomic E-state index is 0.144. The minimum Gasteiger partial charge on any atom is -0.309 e. The van der Waals surface area contributed by atoms with Gasteiger partial charge in [0.25, 0.3) is 0 Å². The van der Waals surface area contributed by atoms with Gasteiger partial charge in [0, 0.05) is 46.1 Å². The SMILES string of the molecule is C=C1c2ccc(-c3ccc4c(c3)c3cc(-c5ccccc5)cc5c3n4-c3ccccc3C5(C)C)cc2-c2cc3ccccc3c[n+]2C1(CC)CC. The molecule has 2 aliphatic heterocycles. The fourth-order valence-electron chi connectivity index (χ4n) is 9.55. The van der Waals surface area contributed by atoms with Crippen LogP contribution in [0.5, 0.6) is 0 Å². The summed E-state index contributed by atoms with van der Waals surface area (Å²) in [6.45, 7) is 14.1. The maximum Gasteiger partial charge on any atom is 0.214 e. The summed E-state index contributed by atoms with van der Waals surface area (Å²) in [6.07, 6.45) is 4.35. The molecule has 51 heavy (non-hydrogen) atoms. The van der Waals surface area contributed by atoms with Crippen molar-refractivity contribution in [1.29, 1.82) is 0 Å². The van der Waals surface area contributed by atoms with Crippen LogP contribution in [0.2, 0.25) is 0 Å². The monoisotopic (exact) mass is 657 g/mol. The van der Waals surface area contributed by atoms with Crippen LogP contribution in [0.3, 0.4) is 0 Å². The highest BCUT2D eigenvalue weighted by Gasteiger charge is 2.47. The lowest BCUT2D eigenvalue weighted by molar-refractivity contribution is -0.740. The summed E-state index contributed by atoms with van der Waals surface area (Å²) in [5.74, 6) is 0. The first-order valence-corrected chi connectivity index (χ1v) is 18.4. The zero-order valence-electron chi connectivity index (χ0n) is 29.8. The number of hydrogen-bond acceptors (Lipinski definition) is 0. The standard InChI is InChI=1S/C49H41N2/c1-6-49(7-2)31(3)38-23-21-34(25-39(38)46-29-33-17-11-12-18-36(33)30-50(46)49)35-22-24-44-40(26-35)41-27-37(32-15-9-8-10-16-32)28-43-47(41)51(44)45-20-14-13-19-42(45)48(43,4)5/h8-30H,3,6-7H2,1-2,4-5H3/q+1. The second kappa shape index (κ2) is 10.6. The number of fused-ring (bicyclic) bond motifs is 9. The topological polar surface area (TPSA) is 8.81 Å². The summed E-state index contributed by atoms with van der Waals surface area (Å²) in [5.41, 5.74) is 16.2. The van der Waals surface area contributed by atoms with Crippen LogP contribution in [0.1, 0.15) is 57.2 Å². The third-order valence-electron chi connectivity index (χ3n) is 12.4. The number of allylic oxidation sites excluding steroid dienone is 1. The second-order valence-electron chi connectivity index (χ2n) is 15.1. The molecule has 0 saturated carbocycles. The predicted molar refractivity (Wildman–Crippen MR) is 215 cm³/mol. The van der Waals surface area contributed by atoms with Gasteiger partial charge < -0.3 is 4.57 Å². The number of para-hydroxylation sites is 1. The maximum absolute atomic E-state index is 4.77. The Morgan fingerprint density at radius 2 is 1.27 bits per heavy atom. The molecule has 0 N–H and O–H groups in total. The Morgan fingerprint density at radius 1 is 0.588 bits per heavy atom. The quantitative estimate of drug-likeness (QED) is 0.167. The Kier molecular flexibility index (Phi) is 6.28. The van der Waals surface area contributed by atoms with Crippen LogP contribution in [-0.2, 0) is 11.0 Å². The fourth-order valence-corrected chi connectivity index (χ4v) is 9.55. The van der Waals surface area contributed by atoms with Gasteiger partial charge in [-0.2, -0.15) is 4.57 Å². The molecule has 10 rings (SSSR count). The van der Waals surface area contributed by atoms with E-state index in [2.05, 4.69) is 176 Å². The van der Waals surface area contributed by atoms with E-state index in [1.807, 2.05) is 0 Å². The van der Waals surface area contributed by atoms with Crippen LogP contribution in [0.25, 0.3) is 77.3 Å². The largest absolute Gasteiger partial charge is 0.309 e. The van der Waals surface area contributed by atoms with Gasteiger partial charge in [-0.25, -0.2) is 0 Å². The molecule has 0 bridgehead atoms. The Hall–Kier alpha value is -5.73. The lowest BCUT2D eigenvalue weighted by Crippen LogP contribution is -2.59. The van der Waals surface area contributed by atoms with Gasteiger partial charge in [-0.15, -0.1) is 0 Å². The Labute approximate surface area is 300 Å². The highest BCUT2D eigenvalue weighted by molar-refractivity contribution is 6.14. The molecule has 0 spiro atoms.